The van der Waals surface area contributed by atoms with E-state index >= 15 is 0 Å². The van der Waals surface area contributed by atoms with Crippen molar-refractivity contribution >= 4 is 52.2 Å². The number of rotatable bonds is 6. The molecular formula is C16H14Cl3N3O4. The summed E-state index contributed by atoms with van der Waals surface area (Å²) in [4.78, 5) is 21.9. The van der Waals surface area contributed by atoms with E-state index in [1.54, 1.807) is 0 Å². The highest BCUT2D eigenvalue weighted by Gasteiger charge is 2.16. The highest BCUT2D eigenvalue weighted by Crippen LogP contribution is 2.41. The Labute approximate surface area is 164 Å². The fraction of sp³-hybridized carbons (Fsp3) is 0.188. The molecule has 2 rings (SSSR count). The van der Waals surface area contributed by atoms with Gasteiger partial charge in [-0.3, -0.25) is 10.1 Å². The lowest BCUT2D eigenvalue weighted by atomic mass is 10.2. The number of benzene rings is 2. The molecule has 2 aromatic carbocycles. The third kappa shape index (κ3) is 5.14. The Bertz CT molecular complexity index is 822. The molecule has 2 amide bonds. The second-order valence-electron chi connectivity index (χ2n) is 5.12. The van der Waals surface area contributed by atoms with Gasteiger partial charge in [-0.2, -0.15) is 0 Å². The van der Waals surface area contributed by atoms with Gasteiger partial charge in [-0.15, -0.1) is 0 Å². The second-order valence-corrected chi connectivity index (χ2v) is 6.35. The van der Waals surface area contributed by atoms with E-state index in [1.165, 1.54) is 24.3 Å². The monoisotopic (exact) mass is 417 g/mol. The summed E-state index contributed by atoms with van der Waals surface area (Å²) >= 11 is 18.3. The van der Waals surface area contributed by atoms with Crippen LogP contribution in [-0.4, -0.2) is 17.5 Å². The maximum Gasteiger partial charge on any atom is 0.319 e. The highest BCUT2D eigenvalue weighted by molar-refractivity contribution is 6.38. The number of nitro benzene ring substituents is 1. The lowest BCUT2D eigenvalue weighted by Gasteiger charge is -2.13. The number of nitrogens with zero attached hydrogens (tertiary/aromatic N) is 1. The SMILES string of the molecule is CCCNC(=O)Nc1cc(Cl)c(Oc2ccc([N+](=O)[O-])cc2Cl)c(Cl)c1. The van der Waals surface area contributed by atoms with E-state index in [0.29, 0.717) is 12.2 Å². The van der Waals surface area contributed by atoms with Gasteiger partial charge in [-0.1, -0.05) is 41.7 Å². The third-order valence-electron chi connectivity index (χ3n) is 3.13. The van der Waals surface area contributed by atoms with Crippen molar-refractivity contribution in [2.75, 3.05) is 11.9 Å². The Morgan fingerprint density at radius 2 is 1.81 bits per heavy atom. The largest absolute Gasteiger partial charge is 0.453 e. The van der Waals surface area contributed by atoms with Gasteiger partial charge >= 0.3 is 6.03 Å². The lowest BCUT2D eigenvalue weighted by molar-refractivity contribution is -0.384. The van der Waals surface area contributed by atoms with E-state index in [-0.39, 0.29) is 38.3 Å². The fourth-order valence-corrected chi connectivity index (χ4v) is 2.72. The zero-order valence-corrected chi connectivity index (χ0v) is 15.8. The summed E-state index contributed by atoms with van der Waals surface area (Å²) in [7, 11) is 0. The molecule has 26 heavy (non-hydrogen) atoms. The van der Waals surface area contributed by atoms with Crippen molar-refractivity contribution in [1.82, 2.24) is 5.32 Å². The van der Waals surface area contributed by atoms with E-state index in [9.17, 15) is 14.9 Å². The Morgan fingerprint density at radius 1 is 1.15 bits per heavy atom. The Morgan fingerprint density at radius 3 is 2.35 bits per heavy atom. The van der Waals surface area contributed by atoms with Gasteiger partial charge in [0.2, 0.25) is 0 Å². The molecule has 0 aliphatic rings. The van der Waals surface area contributed by atoms with E-state index in [0.717, 1.165) is 12.5 Å². The molecule has 2 N–H and O–H groups in total. The Hall–Kier alpha value is -2.22. The van der Waals surface area contributed by atoms with Crippen molar-refractivity contribution in [3.63, 3.8) is 0 Å². The van der Waals surface area contributed by atoms with E-state index < -0.39 is 4.92 Å². The zero-order chi connectivity index (χ0) is 19.3. The standard InChI is InChI=1S/C16H14Cl3N3O4/c1-2-5-20-16(23)21-9-6-12(18)15(13(19)7-9)26-14-4-3-10(22(24)25)8-11(14)17/h3-4,6-8H,2,5H2,1H3,(H2,20,21,23). The number of ether oxygens (including phenoxy) is 1. The molecule has 138 valence electrons. The molecule has 0 aromatic heterocycles. The molecule has 0 saturated carbocycles. The molecule has 0 spiro atoms. The van der Waals surface area contributed by atoms with Crippen LogP contribution in [0.1, 0.15) is 13.3 Å². The second kappa shape index (κ2) is 8.93. The van der Waals surface area contributed by atoms with Crippen LogP contribution in [0.15, 0.2) is 30.3 Å². The molecule has 0 fully saturated rings. The molecule has 10 heteroatoms. The van der Waals surface area contributed by atoms with Crippen molar-refractivity contribution in [3.8, 4) is 11.5 Å². The minimum atomic E-state index is -0.570. The van der Waals surface area contributed by atoms with Crippen LogP contribution in [0.2, 0.25) is 15.1 Å². The Balaban J connectivity index is 2.20. The predicted molar refractivity (Wildman–Crippen MR) is 102 cm³/mol. The average Bonchev–Trinajstić information content (AvgIpc) is 2.57. The molecule has 0 radical (unpaired) electrons. The van der Waals surface area contributed by atoms with Crippen LogP contribution < -0.4 is 15.4 Å². The zero-order valence-electron chi connectivity index (χ0n) is 13.5. The number of carbonyl (C=O) groups is 1. The average molecular weight is 419 g/mol. The summed E-state index contributed by atoms with van der Waals surface area (Å²) in [5.74, 6) is 0.270. The molecule has 7 nitrogen and oxygen atoms in total. The molecule has 0 bridgehead atoms. The van der Waals surface area contributed by atoms with Crippen molar-refractivity contribution in [3.05, 3.63) is 55.5 Å². The number of amides is 2. The van der Waals surface area contributed by atoms with E-state index in [2.05, 4.69) is 10.6 Å². The van der Waals surface area contributed by atoms with Crippen molar-refractivity contribution in [2.24, 2.45) is 0 Å². The van der Waals surface area contributed by atoms with Gasteiger partial charge in [-0.05, 0) is 24.6 Å². The molecule has 0 atom stereocenters. The summed E-state index contributed by atoms with van der Waals surface area (Å²) in [5.41, 5.74) is 0.216. The molecular weight excluding hydrogens is 405 g/mol. The highest BCUT2D eigenvalue weighted by atomic mass is 35.5. The van der Waals surface area contributed by atoms with Crippen LogP contribution in [0.25, 0.3) is 0 Å². The van der Waals surface area contributed by atoms with Crippen LogP contribution in [0.4, 0.5) is 16.2 Å². The van der Waals surface area contributed by atoms with Gasteiger partial charge in [0.1, 0.15) is 5.75 Å². The molecule has 0 unspecified atom stereocenters. The molecule has 2 aromatic rings. The summed E-state index contributed by atoms with van der Waals surface area (Å²) in [6, 6.07) is 6.30. The summed E-state index contributed by atoms with van der Waals surface area (Å²) < 4.78 is 5.58. The van der Waals surface area contributed by atoms with Crippen LogP contribution in [-0.2, 0) is 0 Å². The maximum atomic E-state index is 11.7. The van der Waals surface area contributed by atoms with Crippen molar-refractivity contribution in [1.29, 1.82) is 0 Å². The van der Waals surface area contributed by atoms with Gasteiger partial charge in [-0.25, -0.2) is 4.79 Å². The van der Waals surface area contributed by atoms with Crippen LogP contribution >= 0.6 is 34.8 Å². The maximum absolute atomic E-state index is 11.7. The lowest BCUT2D eigenvalue weighted by Crippen LogP contribution is -2.29. The fourth-order valence-electron chi connectivity index (χ4n) is 1.94. The molecule has 0 aliphatic carbocycles. The molecule has 0 aliphatic heterocycles. The number of anilines is 1. The number of hydrogen-bond donors (Lipinski definition) is 2. The summed E-state index contributed by atoms with van der Waals surface area (Å²) in [5, 5.41) is 16.3. The number of nitro groups is 1. The van der Waals surface area contributed by atoms with E-state index in [4.69, 9.17) is 39.5 Å². The number of nitrogens with one attached hydrogen (secondary N) is 2. The minimum Gasteiger partial charge on any atom is -0.453 e. The molecule has 0 saturated heterocycles. The smallest absolute Gasteiger partial charge is 0.319 e. The van der Waals surface area contributed by atoms with Gasteiger partial charge in [0.05, 0.1) is 20.0 Å². The first-order valence-corrected chi connectivity index (χ1v) is 8.61. The van der Waals surface area contributed by atoms with Crippen LogP contribution in [0, 0.1) is 10.1 Å². The first-order chi connectivity index (χ1) is 12.3. The van der Waals surface area contributed by atoms with E-state index in [1.807, 2.05) is 6.92 Å². The summed E-state index contributed by atoms with van der Waals surface area (Å²) in [6.45, 7) is 2.47. The normalized spacial score (nSPS) is 10.3. The van der Waals surface area contributed by atoms with Crippen molar-refractivity contribution < 1.29 is 14.5 Å². The number of urea groups is 1. The third-order valence-corrected chi connectivity index (χ3v) is 3.99. The first-order valence-electron chi connectivity index (χ1n) is 7.47. The van der Waals surface area contributed by atoms with Crippen LogP contribution in [0.3, 0.4) is 0 Å². The van der Waals surface area contributed by atoms with Crippen molar-refractivity contribution in [2.45, 2.75) is 13.3 Å². The predicted octanol–water partition coefficient (Wildman–Crippen LogP) is 5.88. The number of hydrogen-bond acceptors (Lipinski definition) is 4. The number of halogens is 3. The topological polar surface area (TPSA) is 93.5 Å². The van der Waals surface area contributed by atoms with Gasteiger partial charge in [0, 0.05) is 24.4 Å². The Kier molecular flexibility index (Phi) is 6.90. The first kappa shape index (κ1) is 20.1. The molecule has 0 heterocycles. The van der Waals surface area contributed by atoms with Gasteiger partial charge < -0.3 is 15.4 Å². The quantitative estimate of drug-likeness (QED) is 0.452. The van der Waals surface area contributed by atoms with Gasteiger partial charge in [0.25, 0.3) is 5.69 Å². The minimum absolute atomic E-state index is 0.0347. The summed E-state index contributed by atoms with van der Waals surface area (Å²) in [6.07, 6.45) is 0.803. The number of non-ortho nitro benzene ring substituents is 1. The number of carbonyl (C=O) groups excluding carboxylic acids is 1. The van der Waals surface area contributed by atoms with Gasteiger partial charge in [0.15, 0.2) is 5.75 Å². The van der Waals surface area contributed by atoms with Crippen LogP contribution in [0.5, 0.6) is 11.5 Å².